The summed E-state index contributed by atoms with van der Waals surface area (Å²) < 4.78 is 30.0. The lowest BCUT2D eigenvalue weighted by atomic mass is 9.78. The predicted octanol–water partition coefficient (Wildman–Crippen LogP) is 3.99. The first-order valence-corrected chi connectivity index (χ1v) is 9.98. The van der Waals surface area contributed by atoms with Gasteiger partial charge in [0.05, 0.1) is 5.69 Å². The molecule has 2 aromatic carbocycles. The molecule has 2 N–H and O–H groups in total. The molecule has 5 nitrogen and oxygen atoms in total. The van der Waals surface area contributed by atoms with E-state index in [1.165, 1.54) is 11.1 Å². The van der Waals surface area contributed by atoms with Gasteiger partial charge in [0, 0.05) is 38.6 Å². The fraction of sp³-hybridized carbons (Fsp3) is 0.409. The maximum absolute atomic E-state index is 12.7. The lowest BCUT2D eigenvalue weighted by molar-refractivity contribution is -0.0495. The molecule has 8 heteroatoms. The first kappa shape index (κ1) is 22.6. The van der Waals surface area contributed by atoms with Gasteiger partial charge in [-0.2, -0.15) is 8.78 Å². The van der Waals surface area contributed by atoms with E-state index >= 15 is 0 Å². The Labute approximate surface area is 192 Å². The van der Waals surface area contributed by atoms with Crippen molar-refractivity contribution >= 4 is 35.6 Å². The van der Waals surface area contributed by atoms with E-state index in [9.17, 15) is 8.78 Å². The van der Waals surface area contributed by atoms with Crippen molar-refractivity contribution in [2.75, 3.05) is 31.6 Å². The van der Waals surface area contributed by atoms with Crippen LogP contribution in [0.25, 0.3) is 0 Å². The van der Waals surface area contributed by atoms with Crippen molar-refractivity contribution in [3.63, 3.8) is 0 Å². The third-order valence-electron chi connectivity index (χ3n) is 5.65. The van der Waals surface area contributed by atoms with Crippen molar-refractivity contribution in [1.29, 1.82) is 0 Å². The number of hydrogen-bond acceptors (Lipinski definition) is 3. The Morgan fingerprint density at radius 3 is 2.73 bits per heavy atom. The van der Waals surface area contributed by atoms with Crippen LogP contribution in [0, 0.1) is 0 Å². The van der Waals surface area contributed by atoms with Crippen LogP contribution >= 0.6 is 24.0 Å². The van der Waals surface area contributed by atoms with Crippen molar-refractivity contribution in [1.82, 2.24) is 10.6 Å². The molecule has 1 fully saturated rings. The van der Waals surface area contributed by atoms with Crippen LogP contribution in [0.15, 0.2) is 53.5 Å². The summed E-state index contributed by atoms with van der Waals surface area (Å²) in [4.78, 5) is 6.42. The highest BCUT2D eigenvalue weighted by Gasteiger charge is 2.28. The van der Waals surface area contributed by atoms with Crippen LogP contribution in [0.1, 0.15) is 23.5 Å². The molecule has 1 heterocycles. The lowest BCUT2D eigenvalue weighted by Crippen LogP contribution is -2.46. The number of rotatable bonds is 6. The molecular formula is C22H27F2IN4O. The summed E-state index contributed by atoms with van der Waals surface area (Å²) in [5, 5.41) is 6.89. The number of nitrogens with zero attached hydrogens (tertiary/aromatic N) is 2. The molecule has 2 atom stereocenters. The van der Waals surface area contributed by atoms with Crippen LogP contribution in [0.3, 0.4) is 0 Å². The molecule has 1 aliphatic heterocycles. The average molecular weight is 528 g/mol. The molecule has 0 radical (unpaired) electrons. The Balaban J connectivity index is 0.00000256. The summed E-state index contributed by atoms with van der Waals surface area (Å²) in [7, 11) is 1.77. The number of aliphatic imine (C=N–C) groups is 1. The molecule has 0 aromatic heterocycles. The van der Waals surface area contributed by atoms with Gasteiger partial charge in [0.25, 0.3) is 0 Å². The summed E-state index contributed by atoms with van der Waals surface area (Å²) >= 11 is 0. The topological polar surface area (TPSA) is 48.9 Å². The monoisotopic (exact) mass is 528 g/mol. The van der Waals surface area contributed by atoms with E-state index < -0.39 is 6.61 Å². The predicted molar refractivity (Wildman–Crippen MR) is 126 cm³/mol. The van der Waals surface area contributed by atoms with E-state index in [4.69, 9.17) is 0 Å². The van der Waals surface area contributed by atoms with Crippen molar-refractivity contribution in [3.8, 4) is 5.75 Å². The summed E-state index contributed by atoms with van der Waals surface area (Å²) in [5.74, 6) is 1.51. The Morgan fingerprint density at radius 1 is 1.20 bits per heavy atom. The highest BCUT2D eigenvalue weighted by Crippen LogP contribution is 2.34. The van der Waals surface area contributed by atoms with Crippen LogP contribution in [0.2, 0.25) is 0 Å². The van der Waals surface area contributed by atoms with E-state index in [0.717, 1.165) is 31.9 Å². The zero-order valence-electron chi connectivity index (χ0n) is 16.9. The molecule has 1 aliphatic carbocycles. The molecule has 0 saturated carbocycles. The van der Waals surface area contributed by atoms with Crippen LogP contribution in [-0.4, -0.2) is 45.3 Å². The highest BCUT2D eigenvalue weighted by atomic mass is 127. The number of nitrogens with one attached hydrogen (secondary N) is 2. The van der Waals surface area contributed by atoms with Gasteiger partial charge in [-0.1, -0.05) is 36.4 Å². The molecule has 2 aliphatic rings. The minimum Gasteiger partial charge on any atom is -0.433 e. The van der Waals surface area contributed by atoms with Gasteiger partial charge in [-0.25, -0.2) is 0 Å². The number of para-hydroxylation sites is 2. The van der Waals surface area contributed by atoms with Crippen molar-refractivity contribution in [2.45, 2.75) is 31.4 Å². The first-order valence-electron chi connectivity index (χ1n) is 9.98. The largest absolute Gasteiger partial charge is 0.433 e. The average Bonchev–Trinajstić information content (AvgIpc) is 3.16. The summed E-state index contributed by atoms with van der Waals surface area (Å²) in [6, 6.07) is 15.7. The number of ether oxygens (including phenoxy) is 1. The molecule has 1 saturated heterocycles. The van der Waals surface area contributed by atoms with Crippen molar-refractivity contribution in [2.24, 2.45) is 4.99 Å². The number of fused-ring (bicyclic) bond motifs is 1. The van der Waals surface area contributed by atoms with Crippen molar-refractivity contribution in [3.05, 3.63) is 59.7 Å². The van der Waals surface area contributed by atoms with E-state index in [1.54, 1.807) is 19.2 Å². The zero-order chi connectivity index (χ0) is 20.2. The van der Waals surface area contributed by atoms with Crippen LogP contribution in [-0.2, 0) is 6.42 Å². The maximum Gasteiger partial charge on any atom is 0.387 e. The second-order valence-electron chi connectivity index (χ2n) is 7.48. The van der Waals surface area contributed by atoms with Gasteiger partial charge >= 0.3 is 6.61 Å². The summed E-state index contributed by atoms with van der Waals surface area (Å²) in [5.41, 5.74) is 3.54. The van der Waals surface area contributed by atoms with Gasteiger partial charge in [-0.05, 0) is 36.1 Å². The van der Waals surface area contributed by atoms with Crippen molar-refractivity contribution < 1.29 is 13.5 Å². The normalized spacial score (nSPS) is 20.3. The molecule has 30 heavy (non-hydrogen) atoms. The van der Waals surface area contributed by atoms with E-state index in [2.05, 4.69) is 49.5 Å². The molecule has 0 bridgehead atoms. The maximum atomic E-state index is 12.7. The van der Waals surface area contributed by atoms with Gasteiger partial charge in [-0.15, -0.1) is 24.0 Å². The number of alkyl halides is 2. The minimum absolute atomic E-state index is 0. The van der Waals surface area contributed by atoms with Crippen LogP contribution in [0.5, 0.6) is 5.75 Å². The van der Waals surface area contributed by atoms with Crippen LogP contribution < -0.4 is 20.3 Å². The fourth-order valence-electron chi connectivity index (χ4n) is 4.16. The summed E-state index contributed by atoms with van der Waals surface area (Å²) in [6.07, 6.45) is 1.99. The molecule has 162 valence electrons. The Kier molecular flexibility index (Phi) is 7.74. The van der Waals surface area contributed by atoms with E-state index in [0.29, 0.717) is 18.2 Å². The molecule has 0 spiro atoms. The smallest absolute Gasteiger partial charge is 0.387 e. The number of halogens is 3. The Bertz CT molecular complexity index is 880. The fourth-order valence-corrected chi connectivity index (χ4v) is 4.16. The highest BCUT2D eigenvalue weighted by molar-refractivity contribution is 14.0. The SMILES string of the molecule is CN=C(NCC1Cc2ccccc21)NC1CCN(c2ccccc2OC(F)F)C1.I. The number of benzene rings is 2. The number of anilines is 1. The quantitative estimate of drug-likeness (QED) is 0.339. The molecule has 2 aromatic rings. The zero-order valence-corrected chi connectivity index (χ0v) is 19.2. The molecule has 0 amide bonds. The van der Waals surface area contributed by atoms with Gasteiger partial charge < -0.3 is 20.3 Å². The van der Waals surface area contributed by atoms with Gasteiger partial charge in [0.15, 0.2) is 5.96 Å². The minimum atomic E-state index is -2.83. The molecule has 2 unspecified atom stereocenters. The van der Waals surface area contributed by atoms with Gasteiger partial charge in [0.1, 0.15) is 5.75 Å². The third-order valence-corrected chi connectivity index (χ3v) is 5.65. The molecule has 4 rings (SSSR count). The first-order chi connectivity index (χ1) is 14.1. The van der Waals surface area contributed by atoms with Crippen LogP contribution in [0.4, 0.5) is 14.5 Å². The standard InChI is InChI=1S/C22H26F2N4O.HI/c1-25-22(26-13-16-12-15-6-2-3-7-18(15)16)27-17-10-11-28(14-17)19-8-4-5-9-20(19)29-21(23)24;/h2-9,16-17,21H,10-14H2,1H3,(H2,25,26,27);1H. The Hall–Kier alpha value is -2.10. The van der Waals surface area contributed by atoms with Gasteiger partial charge in [0.2, 0.25) is 0 Å². The summed E-state index contributed by atoms with van der Waals surface area (Å²) in [6.45, 7) is -0.504. The number of hydrogen-bond donors (Lipinski definition) is 2. The second kappa shape index (κ2) is 10.3. The Morgan fingerprint density at radius 2 is 1.97 bits per heavy atom. The lowest BCUT2D eigenvalue weighted by Gasteiger charge is -2.31. The molecular weight excluding hydrogens is 501 g/mol. The number of guanidine groups is 1. The van der Waals surface area contributed by atoms with E-state index in [1.807, 2.05) is 12.1 Å². The third kappa shape index (κ3) is 5.14. The van der Waals surface area contributed by atoms with E-state index in [-0.39, 0.29) is 35.8 Å². The second-order valence-corrected chi connectivity index (χ2v) is 7.48. The van der Waals surface area contributed by atoms with Gasteiger partial charge in [-0.3, -0.25) is 4.99 Å².